The highest BCUT2D eigenvalue weighted by Gasteiger charge is 2.29. The lowest BCUT2D eigenvalue weighted by atomic mass is 9.86. The van der Waals surface area contributed by atoms with Crippen molar-refractivity contribution in [3.63, 3.8) is 0 Å². The summed E-state index contributed by atoms with van der Waals surface area (Å²) in [5.41, 5.74) is -0.717. The highest BCUT2D eigenvalue weighted by molar-refractivity contribution is 4.87. The van der Waals surface area contributed by atoms with Gasteiger partial charge in [-0.2, -0.15) is 0 Å². The zero-order valence-corrected chi connectivity index (χ0v) is 8.84. The van der Waals surface area contributed by atoms with E-state index in [1.807, 2.05) is 13.8 Å². The molecule has 1 unspecified atom stereocenters. The van der Waals surface area contributed by atoms with Crippen LogP contribution in [0, 0.1) is 18.3 Å². The van der Waals surface area contributed by atoms with Crippen LogP contribution in [-0.4, -0.2) is 24.4 Å². The van der Waals surface area contributed by atoms with Gasteiger partial charge in [0.25, 0.3) is 0 Å². The third-order valence-electron chi connectivity index (χ3n) is 2.40. The van der Waals surface area contributed by atoms with Crippen LogP contribution < -0.4 is 0 Å². The van der Waals surface area contributed by atoms with E-state index in [-0.39, 0.29) is 5.92 Å². The maximum Gasteiger partial charge on any atom is 0.0903 e. The van der Waals surface area contributed by atoms with Crippen LogP contribution >= 0.6 is 0 Å². The Morgan fingerprint density at radius 3 is 2.54 bits per heavy atom. The topological polar surface area (TPSA) is 29.5 Å². The predicted molar refractivity (Wildman–Crippen MR) is 54.3 cm³/mol. The van der Waals surface area contributed by atoms with E-state index in [0.29, 0.717) is 13.0 Å². The molecule has 0 saturated carbocycles. The minimum atomic E-state index is -0.717. The molecule has 0 rings (SSSR count). The van der Waals surface area contributed by atoms with Crippen LogP contribution in [0.15, 0.2) is 0 Å². The van der Waals surface area contributed by atoms with Crippen molar-refractivity contribution in [2.24, 2.45) is 5.92 Å². The van der Waals surface area contributed by atoms with E-state index in [0.717, 1.165) is 12.8 Å². The zero-order chi connectivity index (χ0) is 10.3. The first-order valence-corrected chi connectivity index (χ1v) is 4.71. The Hall–Kier alpha value is -0.520. The van der Waals surface area contributed by atoms with Crippen molar-refractivity contribution in [1.29, 1.82) is 0 Å². The molecule has 1 N–H and O–H groups in total. The third kappa shape index (κ3) is 4.31. The highest BCUT2D eigenvalue weighted by atomic mass is 16.5. The summed E-state index contributed by atoms with van der Waals surface area (Å²) < 4.78 is 5.00. The van der Waals surface area contributed by atoms with Crippen molar-refractivity contribution in [3.05, 3.63) is 0 Å². The van der Waals surface area contributed by atoms with Crippen molar-refractivity contribution >= 4 is 0 Å². The van der Waals surface area contributed by atoms with Crippen LogP contribution in [0.25, 0.3) is 0 Å². The van der Waals surface area contributed by atoms with Crippen molar-refractivity contribution in [1.82, 2.24) is 0 Å². The highest BCUT2D eigenvalue weighted by Crippen LogP contribution is 2.23. The first-order chi connectivity index (χ1) is 6.06. The molecule has 0 spiro atoms. The van der Waals surface area contributed by atoms with Gasteiger partial charge < -0.3 is 9.84 Å². The number of methoxy groups -OCH3 is 1. The van der Waals surface area contributed by atoms with E-state index >= 15 is 0 Å². The standard InChI is InChI=1S/C11H20O2/c1-5-6-7-8-11(12,9-13-4)10(2)3/h1,10,12H,6-9H2,2-4H3. The molecule has 0 aromatic carbocycles. The number of terminal acetylenes is 1. The van der Waals surface area contributed by atoms with Crippen molar-refractivity contribution in [2.45, 2.75) is 38.7 Å². The van der Waals surface area contributed by atoms with E-state index in [9.17, 15) is 5.11 Å². The summed E-state index contributed by atoms with van der Waals surface area (Å²) in [6, 6.07) is 0. The average Bonchev–Trinajstić information content (AvgIpc) is 2.05. The molecule has 0 aliphatic heterocycles. The van der Waals surface area contributed by atoms with E-state index in [2.05, 4.69) is 5.92 Å². The lowest BCUT2D eigenvalue weighted by Crippen LogP contribution is -2.39. The summed E-state index contributed by atoms with van der Waals surface area (Å²) in [6.45, 7) is 4.37. The zero-order valence-electron chi connectivity index (χ0n) is 8.84. The van der Waals surface area contributed by atoms with Crippen LogP contribution in [-0.2, 0) is 4.74 Å². The molecule has 76 valence electrons. The summed E-state index contributed by atoms with van der Waals surface area (Å²) in [4.78, 5) is 0. The van der Waals surface area contributed by atoms with E-state index in [4.69, 9.17) is 11.2 Å². The Morgan fingerprint density at radius 2 is 2.15 bits per heavy atom. The summed E-state index contributed by atoms with van der Waals surface area (Å²) in [7, 11) is 1.61. The third-order valence-corrected chi connectivity index (χ3v) is 2.40. The molecule has 0 aliphatic carbocycles. The number of hydrogen-bond acceptors (Lipinski definition) is 2. The molecule has 0 fully saturated rings. The Balaban J connectivity index is 4.01. The van der Waals surface area contributed by atoms with Crippen molar-refractivity contribution in [2.75, 3.05) is 13.7 Å². The number of ether oxygens (including phenoxy) is 1. The molecule has 0 aromatic rings. The molecule has 0 aliphatic rings. The molecule has 1 atom stereocenters. The van der Waals surface area contributed by atoms with E-state index in [1.54, 1.807) is 7.11 Å². The smallest absolute Gasteiger partial charge is 0.0903 e. The van der Waals surface area contributed by atoms with Crippen LogP contribution in [0.2, 0.25) is 0 Å². The first-order valence-electron chi connectivity index (χ1n) is 4.71. The van der Waals surface area contributed by atoms with Gasteiger partial charge in [-0.05, 0) is 18.8 Å². The van der Waals surface area contributed by atoms with Gasteiger partial charge in [0.1, 0.15) is 0 Å². The number of rotatable bonds is 6. The largest absolute Gasteiger partial charge is 0.387 e. The van der Waals surface area contributed by atoms with Gasteiger partial charge in [-0.3, -0.25) is 0 Å². The molecule has 0 radical (unpaired) electrons. The molecule has 2 nitrogen and oxygen atoms in total. The van der Waals surface area contributed by atoms with Gasteiger partial charge in [-0.25, -0.2) is 0 Å². The maximum absolute atomic E-state index is 10.1. The summed E-state index contributed by atoms with van der Waals surface area (Å²) in [6.07, 6.45) is 7.43. The van der Waals surface area contributed by atoms with Gasteiger partial charge in [0.15, 0.2) is 0 Å². The lowest BCUT2D eigenvalue weighted by molar-refractivity contribution is -0.0708. The van der Waals surface area contributed by atoms with Gasteiger partial charge in [0.2, 0.25) is 0 Å². The second-order valence-corrected chi connectivity index (χ2v) is 3.75. The Morgan fingerprint density at radius 1 is 1.54 bits per heavy atom. The Kier molecular flexibility index (Phi) is 5.77. The number of aliphatic hydroxyl groups is 1. The first kappa shape index (κ1) is 12.5. The Bertz CT molecular complexity index is 169. The molecular formula is C11H20O2. The van der Waals surface area contributed by atoms with E-state index in [1.165, 1.54) is 0 Å². The molecule has 0 aromatic heterocycles. The van der Waals surface area contributed by atoms with Gasteiger partial charge in [0, 0.05) is 13.5 Å². The second kappa shape index (κ2) is 6.01. The predicted octanol–water partition coefficient (Wildman–Crippen LogP) is 1.82. The molecule has 2 heteroatoms. The number of hydrogen-bond donors (Lipinski definition) is 1. The van der Waals surface area contributed by atoms with E-state index < -0.39 is 5.60 Å². The monoisotopic (exact) mass is 184 g/mol. The molecular weight excluding hydrogens is 164 g/mol. The second-order valence-electron chi connectivity index (χ2n) is 3.75. The summed E-state index contributed by atoms with van der Waals surface area (Å²) >= 11 is 0. The fraction of sp³-hybridized carbons (Fsp3) is 0.818. The lowest BCUT2D eigenvalue weighted by Gasteiger charge is -2.31. The molecule has 13 heavy (non-hydrogen) atoms. The van der Waals surface area contributed by atoms with Gasteiger partial charge in [-0.15, -0.1) is 12.3 Å². The van der Waals surface area contributed by atoms with Crippen LogP contribution in [0.3, 0.4) is 0 Å². The molecule has 0 saturated heterocycles. The molecule has 0 amide bonds. The van der Waals surface area contributed by atoms with Crippen LogP contribution in [0.5, 0.6) is 0 Å². The fourth-order valence-corrected chi connectivity index (χ4v) is 1.27. The Labute approximate surface area is 81.3 Å². The average molecular weight is 184 g/mol. The van der Waals surface area contributed by atoms with Crippen molar-refractivity contribution < 1.29 is 9.84 Å². The summed E-state index contributed by atoms with van der Waals surface area (Å²) in [5.74, 6) is 2.77. The minimum absolute atomic E-state index is 0.199. The van der Waals surface area contributed by atoms with Gasteiger partial charge >= 0.3 is 0 Å². The number of unbranched alkanes of at least 4 members (excludes halogenated alkanes) is 1. The molecule has 0 heterocycles. The SMILES string of the molecule is C#CCCCC(O)(COC)C(C)C. The minimum Gasteiger partial charge on any atom is -0.387 e. The van der Waals surface area contributed by atoms with Crippen molar-refractivity contribution in [3.8, 4) is 12.3 Å². The fourth-order valence-electron chi connectivity index (χ4n) is 1.27. The normalized spacial score (nSPS) is 15.4. The van der Waals surface area contributed by atoms with Crippen LogP contribution in [0.1, 0.15) is 33.1 Å². The quantitative estimate of drug-likeness (QED) is 0.504. The maximum atomic E-state index is 10.1. The van der Waals surface area contributed by atoms with Gasteiger partial charge in [0.05, 0.1) is 12.2 Å². The summed E-state index contributed by atoms with van der Waals surface area (Å²) in [5, 5.41) is 10.1. The van der Waals surface area contributed by atoms with Crippen LogP contribution in [0.4, 0.5) is 0 Å². The van der Waals surface area contributed by atoms with Gasteiger partial charge in [-0.1, -0.05) is 13.8 Å². The molecule has 0 bridgehead atoms.